The number of hydrogen-bond acceptors (Lipinski definition) is 3. The summed E-state index contributed by atoms with van der Waals surface area (Å²) in [6.45, 7) is 4.13. The first-order valence-corrected chi connectivity index (χ1v) is 12.2. The van der Waals surface area contributed by atoms with E-state index in [2.05, 4.69) is 43.3 Å². The molecule has 2 aromatic rings. The van der Waals surface area contributed by atoms with Gasteiger partial charge in [-0.1, -0.05) is 95.4 Å². The Morgan fingerprint density at radius 1 is 0.567 bits per heavy atom. The van der Waals surface area contributed by atoms with E-state index in [4.69, 9.17) is 14.6 Å². The standard InChI is InChI=1S/C27H42O3/c1-2-3-4-13-22-29-26-19-15-18-25-24(26)17-16-20-27(25)30-23-14-11-9-7-5-6-8-10-12-21-28/h15-20,28H,2-14,21-23H2,1H3. The van der Waals surface area contributed by atoms with Gasteiger partial charge in [-0.25, -0.2) is 0 Å². The van der Waals surface area contributed by atoms with Crippen LogP contribution < -0.4 is 9.47 Å². The lowest BCUT2D eigenvalue weighted by molar-refractivity contribution is 0.282. The van der Waals surface area contributed by atoms with Crippen LogP contribution in [0.4, 0.5) is 0 Å². The second kappa shape index (κ2) is 16.0. The Labute approximate surface area is 183 Å². The largest absolute Gasteiger partial charge is 0.493 e. The van der Waals surface area contributed by atoms with E-state index in [1.807, 2.05) is 0 Å². The second-order valence-electron chi connectivity index (χ2n) is 8.27. The van der Waals surface area contributed by atoms with E-state index in [0.717, 1.165) is 54.7 Å². The maximum Gasteiger partial charge on any atom is 0.127 e. The van der Waals surface area contributed by atoms with Crippen LogP contribution in [0.1, 0.15) is 90.4 Å². The van der Waals surface area contributed by atoms with Gasteiger partial charge in [0.1, 0.15) is 11.5 Å². The predicted molar refractivity (Wildman–Crippen MR) is 128 cm³/mol. The van der Waals surface area contributed by atoms with Crippen LogP contribution in [0.25, 0.3) is 10.8 Å². The summed E-state index contributed by atoms with van der Waals surface area (Å²) in [6.07, 6.45) is 15.8. The minimum atomic E-state index is 0.337. The normalized spacial score (nSPS) is 11.1. The van der Waals surface area contributed by atoms with E-state index in [1.165, 1.54) is 64.2 Å². The molecule has 3 heteroatoms. The van der Waals surface area contributed by atoms with E-state index in [9.17, 15) is 0 Å². The van der Waals surface area contributed by atoms with Crippen LogP contribution in [-0.2, 0) is 0 Å². The van der Waals surface area contributed by atoms with Crippen molar-refractivity contribution in [1.29, 1.82) is 0 Å². The molecule has 30 heavy (non-hydrogen) atoms. The van der Waals surface area contributed by atoms with Crippen molar-refractivity contribution in [3.05, 3.63) is 36.4 Å². The fraction of sp³-hybridized carbons (Fsp3) is 0.630. The lowest BCUT2D eigenvalue weighted by Crippen LogP contribution is -2.00. The zero-order valence-corrected chi connectivity index (χ0v) is 19.0. The summed E-state index contributed by atoms with van der Waals surface area (Å²) in [5, 5.41) is 11.1. The van der Waals surface area contributed by atoms with Crippen molar-refractivity contribution in [3.63, 3.8) is 0 Å². The first kappa shape index (κ1) is 24.5. The van der Waals surface area contributed by atoms with Gasteiger partial charge in [-0.05, 0) is 31.4 Å². The van der Waals surface area contributed by atoms with Gasteiger partial charge in [0.15, 0.2) is 0 Å². The molecule has 0 radical (unpaired) electrons. The smallest absolute Gasteiger partial charge is 0.127 e. The highest BCUT2D eigenvalue weighted by Gasteiger charge is 2.07. The van der Waals surface area contributed by atoms with Crippen molar-refractivity contribution < 1.29 is 14.6 Å². The van der Waals surface area contributed by atoms with Gasteiger partial charge < -0.3 is 14.6 Å². The van der Waals surface area contributed by atoms with Gasteiger partial charge in [0.05, 0.1) is 13.2 Å². The summed E-state index contributed by atoms with van der Waals surface area (Å²) in [7, 11) is 0. The van der Waals surface area contributed by atoms with Crippen LogP contribution in [-0.4, -0.2) is 24.9 Å². The highest BCUT2D eigenvalue weighted by atomic mass is 16.5. The van der Waals surface area contributed by atoms with Crippen LogP contribution >= 0.6 is 0 Å². The van der Waals surface area contributed by atoms with Crippen LogP contribution in [0, 0.1) is 0 Å². The van der Waals surface area contributed by atoms with Crippen molar-refractivity contribution in [3.8, 4) is 11.5 Å². The molecule has 0 atom stereocenters. The van der Waals surface area contributed by atoms with Gasteiger partial charge in [0, 0.05) is 17.4 Å². The number of unbranched alkanes of at least 4 members (excludes halogenated alkanes) is 11. The van der Waals surface area contributed by atoms with E-state index < -0.39 is 0 Å². The molecule has 0 aliphatic rings. The Bertz CT molecular complexity index is 683. The molecule has 2 aromatic carbocycles. The minimum absolute atomic E-state index is 0.337. The summed E-state index contributed by atoms with van der Waals surface area (Å²) in [4.78, 5) is 0. The van der Waals surface area contributed by atoms with E-state index in [1.54, 1.807) is 0 Å². The molecule has 168 valence electrons. The maximum atomic E-state index is 8.79. The fourth-order valence-corrected chi connectivity index (χ4v) is 3.85. The molecule has 0 unspecified atom stereocenters. The molecule has 0 saturated heterocycles. The van der Waals surface area contributed by atoms with Crippen molar-refractivity contribution in [1.82, 2.24) is 0 Å². The SMILES string of the molecule is CCCCCCOc1cccc2c(OCCCCCCCCCCCO)cccc12. The first-order valence-electron chi connectivity index (χ1n) is 12.2. The quantitative estimate of drug-likeness (QED) is 0.254. The molecule has 0 bridgehead atoms. The molecule has 1 N–H and O–H groups in total. The van der Waals surface area contributed by atoms with Crippen LogP contribution in [0.2, 0.25) is 0 Å². The van der Waals surface area contributed by atoms with Gasteiger partial charge in [0.2, 0.25) is 0 Å². The lowest BCUT2D eigenvalue weighted by atomic mass is 10.1. The predicted octanol–water partition coefficient (Wildman–Crippen LogP) is 7.68. The van der Waals surface area contributed by atoms with Crippen molar-refractivity contribution in [2.24, 2.45) is 0 Å². The Kier molecular flexibility index (Phi) is 13.1. The highest BCUT2D eigenvalue weighted by molar-refractivity contribution is 5.93. The summed E-state index contributed by atoms with van der Waals surface area (Å²) in [5.74, 6) is 1.93. The zero-order valence-electron chi connectivity index (χ0n) is 19.0. The molecule has 0 aliphatic heterocycles. The van der Waals surface area contributed by atoms with Crippen LogP contribution in [0.3, 0.4) is 0 Å². The molecule has 0 aromatic heterocycles. The van der Waals surface area contributed by atoms with Crippen molar-refractivity contribution in [2.75, 3.05) is 19.8 Å². The molecule has 2 rings (SSSR count). The molecule has 0 aliphatic carbocycles. The summed E-state index contributed by atoms with van der Waals surface area (Å²) >= 11 is 0. The fourth-order valence-electron chi connectivity index (χ4n) is 3.85. The highest BCUT2D eigenvalue weighted by Crippen LogP contribution is 2.32. The molecule has 0 fully saturated rings. The Balaban J connectivity index is 1.69. The average molecular weight is 415 g/mol. The van der Waals surface area contributed by atoms with Gasteiger partial charge in [0.25, 0.3) is 0 Å². The molecule has 3 nitrogen and oxygen atoms in total. The maximum absolute atomic E-state index is 8.79. The molecule has 0 amide bonds. The zero-order chi connectivity index (χ0) is 21.3. The number of rotatable bonds is 18. The molecule has 0 saturated carbocycles. The Morgan fingerprint density at radius 2 is 1.00 bits per heavy atom. The number of fused-ring (bicyclic) bond motifs is 1. The number of ether oxygens (including phenoxy) is 2. The molecule has 0 heterocycles. The van der Waals surface area contributed by atoms with Crippen LogP contribution in [0.15, 0.2) is 36.4 Å². The van der Waals surface area contributed by atoms with Gasteiger partial charge in [-0.3, -0.25) is 0 Å². The van der Waals surface area contributed by atoms with E-state index >= 15 is 0 Å². The average Bonchev–Trinajstić information content (AvgIpc) is 2.77. The third-order valence-corrected chi connectivity index (χ3v) is 5.66. The third-order valence-electron chi connectivity index (χ3n) is 5.66. The number of aliphatic hydroxyl groups is 1. The number of aliphatic hydroxyl groups excluding tert-OH is 1. The minimum Gasteiger partial charge on any atom is -0.493 e. The van der Waals surface area contributed by atoms with Crippen molar-refractivity contribution >= 4 is 10.8 Å². The summed E-state index contributed by atoms with van der Waals surface area (Å²) in [5.41, 5.74) is 0. The lowest BCUT2D eigenvalue weighted by Gasteiger charge is -2.13. The van der Waals surface area contributed by atoms with E-state index in [0.29, 0.717) is 6.61 Å². The van der Waals surface area contributed by atoms with Gasteiger partial charge in [-0.15, -0.1) is 0 Å². The van der Waals surface area contributed by atoms with Crippen molar-refractivity contribution in [2.45, 2.75) is 90.4 Å². The van der Waals surface area contributed by atoms with Gasteiger partial charge in [-0.2, -0.15) is 0 Å². The summed E-state index contributed by atoms with van der Waals surface area (Å²) in [6, 6.07) is 12.5. The molecular formula is C27H42O3. The Morgan fingerprint density at radius 3 is 1.47 bits per heavy atom. The molecular weight excluding hydrogens is 372 g/mol. The second-order valence-corrected chi connectivity index (χ2v) is 8.27. The monoisotopic (exact) mass is 414 g/mol. The summed E-state index contributed by atoms with van der Waals surface area (Å²) < 4.78 is 12.2. The van der Waals surface area contributed by atoms with E-state index in [-0.39, 0.29) is 0 Å². The third kappa shape index (κ3) is 9.38. The topological polar surface area (TPSA) is 38.7 Å². The number of hydrogen-bond donors (Lipinski definition) is 1. The van der Waals surface area contributed by atoms with Crippen LogP contribution in [0.5, 0.6) is 11.5 Å². The van der Waals surface area contributed by atoms with Gasteiger partial charge >= 0.3 is 0 Å². The Hall–Kier alpha value is -1.74. The number of benzene rings is 2. The molecule has 0 spiro atoms. The first-order chi connectivity index (χ1) is 14.9.